The molecule has 2 heteroatoms. The minimum absolute atomic E-state index is 0.842. The zero-order valence-electron chi connectivity index (χ0n) is 6.18. The predicted molar refractivity (Wildman–Crippen MR) is 43.8 cm³/mol. The van der Waals surface area contributed by atoms with Crippen molar-refractivity contribution in [1.82, 2.24) is 0 Å². The lowest BCUT2D eigenvalue weighted by Gasteiger charge is -1.87. The van der Waals surface area contributed by atoms with Gasteiger partial charge in [0.15, 0.2) is 6.29 Å². The van der Waals surface area contributed by atoms with Crippen molar-refractivity contribution in [2.45, 2.75) is 20.3 Å². The highest BCUT2D eigenvalue weighted by Crippen LogP contribution is 2.20. The fourth-order valence-corrected chi connectivity index (χ4v) is 1.89. The molecule has 0 saturated carbocycles. The Morgan fingerprint density at radius 3 is 2.70 bits per heavy atom. The first-order valence-electron chi connectivity index (χ1n) is 3.32. The number of thiophene rings is 1. The van der Waals surface area contributed by atoms with Crippen LogP contribution in [0.1, 0.15) is 27.0 Å². The SMILES string of the molecule is CCc1sc(C=O)cc1C. The largest absolute Gasteiger partial charge is 0.297 e. The van der Waals surface area contributed by atoms with Gasteiger partial charge in [0.05, 0.1) is 4.88 Å². The van der Waals surface area contributed by atoms with Crippen molar-refractivity contribution in [1.29, 1.82) is 0 Å². The topological polar surface area (TPSA) is 17.1 Å². The van der Waals surface area contributed by atoms with E-state index in [2.05, 4.69) is 6.92 Å². The van der Waals surface area contributed by atoms with Gasteiger partial charge in [-0.25, -0.2) is 0 Å². The number of hydrogen-bond acceptors (Lipinski definition) is 2. The Morgan fingerprint density at radius 1 is 1.70 bits per heavy atom. The second-order valence-corrected chi connectivity index (χ2v) is 3.39. The zero-order valence-corrected chi connectivity index (χ0v) is 6.99. The second-order valence-electron chi connectivity index (χ2n) is 2.23. The van der Waals surface area contributed by atoms with Crippen LogP contribution in [0.5, 0.6) is 0 Å². The van der Waals surface area contributed by atoms with Crippen molar-refractivity contribution >= 4 is 17.6 Å². The Hall–Kier alpha value is -0.630. The summed E-state index contributed by atoms with van der Waals surface area (Å²) in [5.41, 5.74) is 1.25. The Labute approximate surface area is 64.7 Å². The minimum Gasteiger partial charge on any atom is -0.297 e. The Balaban J connectivity index is 3.03. The highest BCUT2D eigenvalue weighted by molar-refractivity contribution is 7.13. The quantitative estimate of drug-likeness (QED) is 0.598. The molecule has 0 radical (unpaired) electrons. The van der Waals surface area contributed by atoms with Gasteiger partial charge in [-0.1, -0.05) is 6.92 Å². The van der Waals surface area contributed by atoms with Crippen molar-refractivity contribution in [2.75, 3.05) is 0 Å². The lowest BCUT2D eigenvalue weighted by Crippen LogP contribution is -1.72. The molecule has 0 N–H and O–H groups in total. The molecule has 0 aliphatic heterocycles. The summed E-state index contributed by atoms with van der Waals surface area (Å²) in [6, 6.07) is 1.94. The monoisotopic (exact) mass is 154 g/mol. The van der Waals surface area contributed by atoms with Crippen molar-refractivity contribution < 1.29 is 4.79 Å². The molecule has 1 rings (SSSR count). The maximum Gasteiger partial charge on any atom is 0.160 e. The van der Waals surface area contributed by atoms with Crippen LogP contribution < -0.4 is 0 Å². The molecule has 1 aromatic heterocycles. The van der Waals surface area contributed by atoms with E-state index in [0.717, 1.165) is 17.6 Å². The van der Waals surface area contributed by atoms with E-state index in [9.17, 15) is 4.79 Å². The van der Waals surface area contributed by atoms with Gasteiger partial charge >= 0.3 is 0 Å². The van der Waals surface area contributed by atoms with E-state index < -0.39 is 0 Å². The molecular formula is C8H10OS. The third kappa shape index (κ3) is 1.27. The number of hydrogen-bond donors (Lipinski definition) is 0. The van der Waals surface area contributed by atoms with Crippen LogP contribution in [0, 0.1) is 6.92 Å². The number of aldehydes is 1. The molecule has 10 heavy (non-hydrogen) atoms. The van der Waals surface area contributed by atoms with Gasteiger partial charge in [-0.2, -0.15) is 0 Å². The molecule has 0 amide bonds. The third-order valence-electron chi connectivity index (χ3n) is 1.48. The highest BCUT2D eigenvalue weighted by atomic mass is 32.1. The van der Waals surface area contributed by atoms with Gasteiger partial charge in [-0.15, -0.1) is 11.3 Å². The summed E-state index contributed by atoms with van der Waals surface area (Å²) >= 11 is 1.59. The molecule has 1 nitrogen and oxygen atoms in total. The molecular weight excluding hydrogens is 144 g/mol. The lowest BCUT2D eigenvalue weighted by atomic mass is 10.2. The molecule has 0 unspecified atom stereocenters. The zero-order chi connectivity index (χ0) is 7.56. The second kappa shape index (κ2) is 2.97. The van der Waals surface area contributed by atoms with Crippen LogP contribution in [0.15, 0.2) is 6.07 Å². The molecule has 0 aliphatic rings. The third-order valence-corrected chi connectivity index (χ3v) is 2.78. The fourth-order valence-electron chi connectivity index (χ4n) is 0.955. The van der Waals surface area contributed by atoms with Crippen LogP contribution in [0.2, 0.25) is 0 Å². The summed E-state index contributed by atoms with van der Waals surface area (Å²) in [7, 11) is 0. The van der Waals surface area contributed by atoms with Gasteiger partial charge in [0, 0.05) is 4.88 Å². The lowest BCUT2D eigenvalue weighted by molar-refractivity contribution is 0.112. The van der Waals surface area contributed by atoms with Gasteiger partial charge in [-0.3, -0.25) is 4.79 Å². The first kappa shape index (κ1) is 7.48. The van der Waals surface area contributed by atoms with E-state index in [1.54, 1.807) is 11.3 Å². The highest BCUT2D eigenvalue weighted by Gasteiger charge is 2.00. The van der Waals surface area contributed by atoms with Gasteiger partial charge < -0.3 is 0 Å². The van der Waals surface area contributed by atoms with Crippen LogP contribution in [-0.4, -0.2) is 6.29 Å². The molecule has 1 heterocycles. The molecule has 0 saturated heterocycles. The van der Waals surface area contributed by atoms with E-state index in [1.165, 1.54) is 10.4 Å². The van der Waals surface area contributed by atoms with Crippen molar-refractivity contribution in [3.63, 3.8) is 0 Å². The predicted octanol–water partition coefficient (Wildman–Crippen LogP) is 2.43. The Morgan fingerprint density at radius 2 is 2.40 bits per heavy atom. The molecule has 0 spiro atoms. The molecule has 0 bridgehead atoms. The van der Waals surface area contributed by atoms with Gasteiger partial charge in [0.1, 0.15) is 0 Å². The number of aryl methyl sites for hydroxylation is 2. The summed E-state index contributed by atoms with van der Waals surface area (Å²) in [6.07, 6.45) is 1.95. The summed E-state index contributed by atoms with van der Waals surface area (Å²) < 4.78 is 0. The van der Waals surface area contributed by atoms with Crippen molar-refractivity contribution in [3.05, 3.63) is 21.4 Å². The van der Waals surface area contributed by atoms with Crippen molar-refractivity contribution in [2.24, 2.45) is 0 Å². The number of rotatable bonds is 2. The van der Waals surface area contributed by atoms with Crippen LogP contribution >= 0.6 is 11.3 Å². The maximum absolute atomic E-state index is 10.3. The maximum atomic E-state index is 10.3. The van der Waals surface area contributed by atoms with Crippen LogP contribution in [0.4, 0.5) is 0 Å². The number of carbonyl (C=O) groups excluding carboxylic acids is 1. The Bertz CT molecular complexity index is 237. The summed E-state index contributed by atoms with van der Waals surface area (Å²) in [5.74, 6) is 0. The molecule has 1 aromatic rings. The van der Waals surface area contributed by atoms with E-state index >= 15 is 0 Å². The smallest absolute Gasteiger partial charge is 0.160 e. The summed E-state index contributed by atoms with van der Waals surface area (Å²) in [6.45, 7) is 4.15. The fraction of sp³-hybridized carbons (Fsp3) is 0.375. The average molecular weight is 154 g/mol. The van der Waals surface area contributed by atoms with E-state index in [4.69, 9.17) is 0 Å². The van der Waals surface area contributed by atoms with E-state index in [0.29, 0.717) is 0 Å². The molecule has 0 fully saturated rings. The van der Waals surface area contributed by atoms with Gasteiger partial charge in [-0.05, 0) is 25.0 Å². The molecule has 0 aliphatic carbocycles. The minimum atomic E-state index is 0.842. The van der Waals surface area contributed by atoms with Crippen LogP contribution in [0.25, 0.3) is 0 Å². The standard InChI is InChI=1S/C8H10OS/c1-3-8-6(2)4-7(5-9)10-8/h4-5H,3H2,1-2H3. The average Bonchev–Trinajstić information content (AvgIpc) is 2.30. The van der Waals surface area contributed by atoms with E-state index in [-0.39, 0.29) is 0 Å². The molecule has 0 aromatic carbocycles. The van der Waals surface area contributed by atoms with Gasteiger partial charge in [0.2, 0.25) is 0 Å². The van der Waals surface area contributed by atoms with Crippen LogP contribution in [0.3, 0.4) is 0 Å². The Kier molecular flexibility index (Phi) is 2.22. The first-order chi connectivity index (χ1) is 4.77. The molecule has 54 valence electrons. The summed E-state index contributed by atoms with van der Waals surface area (Å²) in [5, 5.41) is 0. The summed E-state index contributed by atoms with van der Waals surface area (Å²) in [4.78, 5) is 12.5. The van der Waals surface area contributed by atoms with Gasteiger partial charge in [0.25, 0.3) is 0 Å². The number of carbonyl (C=O) groups is 1. The normalized spacial score (nSPS) is 9.80. The van der Waals surface area contributed by atoms with Crippen LogP contribution in [-0.2, 0) is 6.42 Å². The van der Waals surface area contributed by atoms with E-state index in [1.807, 2.05) is 13.0 Å². The first-order valence-corrected chi connectivity index (χ1v) is 4.14. The molecule has 0 atom stereocenters. The van der Waals surface area contributed by atoms with Crippen molar-refractivity contribution in [3.8, 4) is 0 Å².